The smallest absolute Gasteiger partial charge is 0.309 e. The molecule has 0 bridgehead atoms. The van der Waals surface area contributed by atoms with Crippen molar-refractivity contribution in [3.63, 3.8) is 0 Å². The highest BCUT2D eigenvalue weighted by atomic mass is 16.5. The molecule has 6 heteroatoms. The fourth-order valence-electron chi connectivity index (χ4n) is 5.21. The lowest BCUT2D eigenvalue weighted by molar-refractivity contribution is -0.162. The predicted molar refractivity (Wildman–Crippen MR) is 112 cm³/mol. The van der Waals surface area contributed by atoms with Crippen LogP contribution in [-0.2, 0) is 19.1 Å². The predicted octanol–water partition coefficient (Wildman–Crippen LogP) is 3.17. The molecule has 1 aliphatic heterocycles. The van der Waals surface area contributed by atoms with Gasteiger partial charge in [0.15, 0.2) is 0 Å². The number of fused-ring (bicyclic) bond motifs is 1. The van der Waals surface area contributed by atoms with Gasteiger partial charge >= 0.3 is 11.9 Å². The molecule has 0 unspecified atom stereocenters. The van der Waals surface area contributed by atoms with Gasteiger partial charge < -0.3 is 19.7 Å². The SMILES string of the molecule is C[C@H]1C=C2C=C[C@H](C)[C@H](CC[C@H]3C[C@@H](O)CC(=O)O3)[C@H]2[C@@H](OC(=O)[C@@H](C)CCO)C1. The molecule has 0 radical (unpaired) electrons. The lowest BCUT2D eigenvalue weighted by atomic mass is 9.65. The zero-order valence-corrected chi connectivity index (χ0v) is 18.3. The minimum atomic E-state index is -0.618. The standard InChI is InChI=1S/C24H36O6/c1-14-10-17-5-4-15(2)20(7-6-19-12-18(26)13-22(27)29-19)23(17)21(11-14)30-24(28)16(3)8-9-25/h4-5,10,14-16,18-21,23,25-26H,6-9,11-13H2,1-3H3/t14-,15-,16-,18+,19-,20-,21-,23-/m0/s1. The topological polar surface area (TPSA) is 93.1 Å². The summed E-state index contributed by atoms with van der Waals surface area (Å²) < 4.78 is 11.4. The Morgan fingerprint density at radius 3 is 2.77 bits per heavy atom. The zero-order valence-electron chi connectivity index (χ0n) is 18.3. The normalized spacial score (nSPS) is 37.0. The van der Waals surface area contributed by atoms with E-state index in [1.165, 1.54) is 5.57 Å². The number of cyclic esters (lactones) is 1. The first kappa shape index (κ1) is 23.0. The van der Waals surface area contributed by atoms with Gasteiger partial charge in [0.2, 0.25) is 0 Å². The van der Waals surface area contributed by atoms with E-state index in [4.69, 9.17) is 14.6 Å². The first-order chi connectivity index (χ1) is 14.3. The highest BCUT2D eigenvalue weighted by Crippen LogP contribution is 2.45. The first-order valence-corrected chi connectivity index (χ1v) is 11.4. The van der Waals surface area contributed by atoms with Gasteiger partial charge in [-0.15, -0.1) is 0 Å². The van der Waals surface area contributed by atoms with Gasteiger partial charge in [-0.2, -0.15) is 0 Å². The van der Waals surface area contributed by atoms with Crippen molar-refractivity contribution in [2.45, 2.75) is 77.6 Å². The van der Waals surface area contributed by atoms with Gasteiger partial charge in [0.05, 0.1) is 18.4 Å². The molecule has 6 nitrogen and oxygen atoms in total. The largest absolute Gasteiger partial charge is 0.462 e. The molecule has 30 heavy (non-hydrogen) atoms. The van der Waals surface area contributed by atoms with E-state index in [2.05, 4.69) is 32.1 Å². The lowest BCUT2D eigenvalue weighted by Crippen LogP contribution is -2.42. The number of ether oxygens (including phenoxy) is 2. The maximum Gasteiger partial charge on any atom is 0.309 e. The molecule has 2 N–H and O–H groups in total. The Balaban J connectivity index is 1.73. The third kappa shape index (κ3) is 5.52. The summed E-state index contributed by atoms with van der Waals surface area (Å²) >= 11 is 0. The number of aliphatic hydroxyl groups is 2. The molecule has 1 fully saturated rings. The number of carbonyl (C=O) groups is 2. The lowest BCUT2D eigenvalue weighted by Gasteiger charge is -2.43. The molecule has 2 aliphatic carbocycles. The Hall–Kier alpha value is -1.66. The molecule has 0 aromatic heterocycles. The fraction of sp³-hybridized carbons (Fsp3) is 0.750. The van der Waals surface area contributed by atoms with Crippen molar-refractivity contribution in [3.05, 3.63) is 23.8 Å². The van der Waals surface area contributed by atoms with E-state index in [1.807, 2.05) is 0 Å². The van der Waals surface area contributed by atoms with Crippen LogP contribution in [0.15, 0.2) is 23.8 Å². The molecule has 0 saturated carbocycles. The summed E-state index contributed by atoms with van der Waals surface area (Å²) in [6.07, 6.45) is 8.93. The summed E-state index contributed by atoms with van der Waals surface area (Å²) in [6, 6.07) is 0. The van der Waals surface area contributed by atoms with E-state index in [-0.39, 0.29) is 54.9 Å². The van der Waals surface area contributed by atoms with E-state index in [0.717, 1.165) is 12.8 Å². The minimum absolute atomic E-state index is 0.0275. The van der Waals surface area contributed by atoms with Crippen molar-refractivity contribution in [2.75, 3.05) is 6.61 Å². The quantitative estimate of drug-likeness (QED) is 0.615. The first-order valence-electron chi connectivity index (χ1n) is 11.4. The summed E-state index contributed by atoms with van der Waals surface area (Å²) in [5, 5.41) is 19.0. The van der Waals surface area contributed by atoms with E-state index in [0.29, 0.717) is 31.1 Å². The second-order valence-electron chi connectivity index (χ2n) is 9.46. The molecule has 0 aromatic rings. The van der Waals surface area contributed by atoms with Gasteiger partial charge in [-0.1, -0.05) is 39.0 Å². The van der Waals surface area contributed by atoms with Crippen molar-refractivity contribution in [1.82, 2.24) is 0 Å². The molecular formula is C24H36O6. The minimum Gasteiger partial charge on any atom is -0.462 e. The summed E-state index contributed by atoms with van der Waals surface area (Å²) in [5.74, 6) is 0.155. The summed E-state index contributed by atoms with van der Waals surface area (Å²) in [4.78, 5) is 24.3. The zero-order chi connectivity index (χ0) is 21.8. The van der Waals surface area contributed by atoms with Gasteiger partial charge in [-0.05, 0) is 49.0 Å². The van der Waals surface area contributed by atoms with Gasteiger partial charge in [0.1, 0.15) is 12.2 Å². The van der Waals surface area contributed by atoms with Crippen molar-refractivity contribution < 1.29 is 29.3 Å². The van der Waals surface area contributed by atoms with Gasteiger partial charge in [-0.3, -0.25) is 9.59 Å². The molecule has 3 rings (SSSR count). The number of hydrogen-bond donors (Lipinski definition) is 2. The Bertz CT molecular complexity index is 683. The molecule has 0 spiro atoms. The summed E-state index contributed by atoms with van der Waals surface area (Å²) in [5.41, 5.74) is 1.23. The Labute approximate surface area is 179 Å². The Morgan fingerprint density at radius 1 is 1.30 bits per heavy atom. The van der Waals surface area contributed by atoms with Gasteiger partial charge in [0, 0.05) is 18.9 Å². The van der Waals surface area contributed by atoms with Crippen molar-refractivity contribution in [1.29, 1.82) is 0 Å². The van der Waals surface area contributed by atoms with E-state index < -0.39 is 6.10 Å². The number of hydrogen-bond acceptors (Lipinski definition) is 6. The Morgan fingerprint density at radius 2 is 2.07 bits per heavy atom. The highest BCUT2D eigenvalue weighted by molar-refractivity contribution is 5.72. The maximum absolute atomic E-state index is 12.6. The Kier molecular flexibility index (Phi) is 7.75. The van der Waals surface area contributed by atoms with Crippen molar-refractivity contribution in [3.8, 4) is 0 Å². The van der Waals surface area contributed by atoms with Crippen LogP contribution < -0.4 is 0 Å². The van der Waals surface area contributed by atoms with Crippen LogP contribution in [0.2, 0.25) is 0 Å². The van der Waals surface area contributed by atoms with Crippen LogP contribution in [-0.4, -0.2) is 47.1 Å². The highest BCUT2D eigenvalue weighted by Gasteiger charge is 2.42. The number of allylic oxidation sites excluding steroid dienone is 3. The third-order valence-electron chi connectivity index (χ3n) is 6.88. The average molecular weight is 421 g/mol. The van der Waals surface area contributed by atoms with Crippen LogP contribution in [0.3, 0.4) is 0 Å². The van der Waals surface area contributed by atoms with E-state index >= 15 is 0 Å². The number of rotatable bonds is 7. The summed E-state index contributed by atoms with van der Waals surface area (Å²) in [7, 11) is 0. The summed E-state index contributed by atoms with van der Waals surface area (Å²) in [6.45, 7) is 6.10. The van der Waals surface area contributed by atoms with E-state index in [1.54, 1.807) is 6.92 Å². The van der Waals surface area contributed by atoms with Crippen LogP contribution in [0.25, 0.3) is 0 Å². The van der Waals surface area contributed by atoms with Crippen LogP contribution in [0.5, 0.6) is 0 Å². The molecule has 3 aliphatic rings. The van der Waals surface area contributed by atoms with E-state index in [9.17, 15) is 14.7 Å². The maximum atomic E-state index is 12.6. The van der Waals surface area contributed by atoms with Crippen molar-refractivity contribution in [2.24, 2.45) is 29.6 Å². The molecule has 1 heterocycles. The van der Waals surface area contributed by atoms with Crippen molar-refractivity contribution >= 4 is 11.9 Å². The average Bonchev–Trinajstić information content (AvgIpc) is 2.66. The molecule has 168 valence electrons. The fourth-order valence-corrected chi connectivity index (χ4v) is 5.21. The molecule has 0 aromatic carbocycles. The second-order valence-corrected chi connectivity index (χ2v) is 9.46. The molecular weight excluding hydrogens is 384 g/mol. The number of aliphatic hydroxyl groups excluding tert-OH is 2. The number of carbonyl (C=O) groups excluding carboxylic acids is 2. The van der Waals surface area contributed by atoms with Crippen LogP contribution >= 0.6 is 0 Å². The van der Waals surface area contributed by atoms with Gasteiger partial charge in [-0.25, -0.2) is 0 Å². The van der Waals surface area contributed by atoms with Gasteiger partial charge in [0.25, 0.3) is 0 Å². The molecule has 8 atom stereocenters. The van der Waals surface area contributed by atoms with Crippen LogP contribution in [0.4, 0.5) is 0 Å². The third-order valence-corrected chi connectivity index (χ3v) is 6.88. The molecule has 1 saturated heterocycles. The monoisotopic (exact) mass is 420 g/mol. The number of esters is 2. The molecule has 0 amide bonds. The van der Waals surface area contributed by atoms with Crippen LogP contribution in [0.1, 0.15) is 59.3 Å². The van der Waals surface area contributed by atoms with Crippen LogP contribution in [0, 0.1) is 29.6 Å². The second kappa shape index (κ2) is 10.1.